The number of benzene rings is 1. The van der Waals surface area contributed by atoms with E-state index in [4.69, 9.17) is 19.5 Å². The smallest absolute Gasteiger partial charge is 0.348 e. The molecule has 1 aliphatic rings. The molecule has 1 aliphatic heterocycles. The van der Waals surface area contributed by atoms with Gasteiger partial charge in [0, 0.05) is 4.47 Å². The standard InChI is InChI=1S/C14H12BrNO4/c1-2-3-18-14(17)10(7-16)4-9-5-12-13(6-11(9)15)20-8-19-12/h4-6H,2-3,8H2,1H3. The fourth-order valence-electron chi connectivity index (χ4n) is 1.61. The fourth-order valence-corrected chi connectivity index (χ4v) is 2.05. The number of fused-ring (bicyclic) bond motifs is 1. The number of carbonyl (C=O) groups excluding carboxylic acids is 1. The van der Waals surface area contributed by atoms with Gasteiger partial charge in [0.25, 0.3) is 0 Å². The summed E-state index contributed by atoms with van der Waals surface area (Å²) in [5.74, 6) is 0.582. The van der Waals surface area contributed by atoms with Gasteiger partial charge in [-0.25, -0.2) is 4.79 Å². The Morgan fingerprint density at radius 3 is 2.85 bits per heavy atom. The highest BCUT2D eigenvalue weighted by molar-refractivity contribution is 9.10. The second-order valence-corrected chi connectivity index (χ2v) is 4.89. The van der Waals surface area contributed by atoms with Crippen LogP contribution in [0.25, 0.3) is 6.08 Å². The van der Waals surface area contributed by atoms with Crippen LogP contribution in [0.4, 0.5) is 0 Å². The van der Waals surface area contributed by atoms with E-state index in [9.17, 15) is 4.79 Å². The van der Waals surface area contributed by atoms with E-state index in [1.807, 2.05) is 13.0 Å². The molecule has 0 unspecified atom stereocenters. The second kappa shape index (κ2) is 6.44. The van der Waals surface area contributed by atoms with E-state index in [1.54, 1.807) is 12.1 Å². The summed E-state index contributed by atoms with van der Waals surface area (Å²) in [5.41, 5.74) is 0.595. The largest absolute Gasteiger partial charge is 0.462 e. The number of nitriles is 1. The molecule has 20 heavy (non-hydrogen) atoms. The molecule has 1 aromatic rings. The van der Waals surface area contributed by atoms with Crippen LogP contribution in [0.3, 0.4) is 0 Å². The molecule has 2 rings (SSSR count). The Balaban J connectivity index is 2.28. The summed E-state index contributed by atoms with van der Waals surface area (Å²) in [5, 5.41) is 9.05. The Bertz CT molecular complexity index is 604. The van der Waals surface area contributed by atoms with Crippen molar-refractivity contribution in [3.63, 3.8) is 0 Å². The van der Waals surface area contributed by atoms with Crippen molar-refractivity contribution in [3.8, 4) is 17.6 Å². The van der Waals surface area contributed by atoms with Crippen molar-refractivity contribution in [2.75, 3.05) is 13.4 Å². The lowest BCUT2D eigenvalue weighted by atomic mass is 10.1. The van der Waals surface area contributed by atoms with Crippen LogP contribution in [0, 0.1) is 11.3 Å². The van der Waals surface area contributed by atoms with E-state index in [2.05, 4.69) is 15.9 Å². The van der Waals surface area contributed by atoms with Gasteiger partial charge in [0.1, 0.15) is 11.6 Å². The van der Waals surface area contributed by atoms with Crippen LogP contribution >= 0.6 is 15.9 Å². The molecule has 5 nitrogen and oxygen atoms in total. The first-order valence-corrected chi connectivity index (χ1v) is 6.83. The van der Waals surface area contributed by atoms with Gasteiger partial charge in [-0.1, -0.05) is 22.9 Å². The number of carbonyl (C=O) groups is 1. The normalized spacial score (nSPS) is 12.9. The first-order valence-electron chi connectivity index (χ1n) is 6.03. The van der Waals surface area contributed by atoms with Gasteiger partial charge in [0.05, 0.1) is 6.61 Å². The molecule has 0 N–H and O–H groups in total. The average molecular weight is 338 g/mol. The number of halogens is 1. The van der Waals surface area contributed by atoms with Gasteiger partial charge in [-0.15, -0.1) is 0 Å². The molecule has 104 valence electrons. The first-order chi connectivity index (χ1) is 9.65. The predicted molar refractivity (Wildman–Crippen MR) is 75.1 cm³/mol. The molecule has 0 bridgehead atoms. The molecule has 1 aromatic carbocycles. The third-order valence-electron chi connectivity index (χ3n) is 2.57. The number of hydrogen-bond donors (Lipinski definition) is 0. The lowest BCUT2D eigenvalue weighted by Gasteiger charge is -2.04. The zero-order valence-corrected chi connectivity index (χ0v) is 12.4. The molecule has 0 saturated carbocycles. The molecule has 0 aromatic heterocycles. The van der Waals surface area contributed by atoms with E-state index < -0.39 is 5.97 Å². The maximum absolute atomic E-state index is 11.7. The Kier molecular flexibility index (Phi) is 4.64. The monoisotopic (exact) mass is 337 g/mol. The minimum absolute atomic E-state index is 0.0574. The number of esters is 1. The second-order valence-electron chi connectivity index (χ2n) is 4.03. The Labute approximate surface area is 124 Å². The number of hydrogen-bond acceptors (Lipinski definition) is 5. The summed E-state index contributed by atoms with van der Waals surface area (Å²) in [4.78, 5) is 11.7. The van der Waals surface area contributed by atoms with Gasteiger partial charge in [-0.2, -0.15) is 5.26 Å². The van der Waals surface area contributed by atoms with Gasteiger partial charge in [0.15, 0.2) is 11.5 Å². The summed E-state index contributed by atoms with van der Waals surface area (Å²) in [6.45, 7) is 2.34. The average Bonchev–Trinajstić information content (AvgIpc) is 2.88. The van der Waals surface area contributed by atoms with Gasteiger partial charge in [-0.3, -0.25) is 0 Å². The van der Waals surface area contributed by atoms with Crippen LogP contribution < -0.4 is 9.47 Å². The Morgan fingerprint density at radius 1 is 1.50 bits per heavy atom. The number of rotatable bonds is 4. The van der Waals surface area contributed by atoms with E-state index in [-0.39, 0.29) is 12.4 Å². The van der Waals surface area contributed by atoms with Crippen LogP contribution in [0.15, 0.2) is 22.2 Å². The van der Waals surface area contributed by atoms with Crippen molar-refractivity contribution in [2.24, 2.45) is 0 Å². The summed E-state index contributed by atoms with van der Waals surface area (Å²) in [6.07, 6.45) is 2.17. The molecule has 1 heterocycles. The maximum Gasteiger partial charge on any atom is 0.348 e. The van der Waals surface area contributed by atoms with E-state index in [1.165, 1.54) is 6.08 Å². The van der Waals surface area contributed by atoms with Crippen LogP contribution in [0.5, 0.6) is 11.5 Å². The quantitative estimate of drug-likeness (QED) is 0.479. The Hall–Kier alpha value is -2.00. The molecule has 0 atom stereocenters. The minimum atomic E-state index is -0.626. The molecular weight excluding hydrogens is 326 g/mol. The van der Waals surface area contributed by atoms with E-state index in [0.29, 0.717) is 34.6 Å². The van der Waals surface area contributed by atoms with Gasteiger partial charge >= 0.3 is 5.97 Å². The fraction of sp³-hybridized carbons (Fsp3) is 0.286. The molecule has 0 radical (unpaired) electrons. The zero-order chi connectivity index (χ0) is 14.5. The maximum atomic E-state index is 11.7. The number of nitrogens with zero attached hydrogens (tertiary/aromatic N) is 1. The van der Waals surface area contributed by atoms with E-state index in [0.717, 1.165) is 0 Å². The van der Waals surface area contributed by atoms with Crippen molar-refractivity contribution in [1.82, 2.24) is 0 Å². The SMILES string of the molecule is CCCOC(=O)C(C#N)=Cc1cc2c(cc1Br)OCO2. The van der Waals surface area contributed by atoms with E-state index >= 15 is 0 Å². The third kappa shape index (κ3) is 3.11. The van der Waals surface area contributed by atoms with Crippen LogP contribution in [0.2, 0.25) is 0 Å². The summed E-state index contributed by atoms with van der Waals surface area (Å²) in [7, 11) is 0. The first kappa shape index (κ1) is 14.4. The lowest BCUT2D eigenvalue weighted by Crippen LogP contribution is -2.07. The highest BCUT2D eigenvalue weighted by Crippen LogP contribution is 2.37. The molecule has 0 saturated heterocycles. The van der Waals surface area contributed by atoms with Crippen LogP contribution in [0.1, 0.15) is 18.9 Å². The summed E-state index contributed by atoms with van der Waals surface area (Å²) >= 11 is 3.37. The van der Waals surface area contributed by atoms with Crippen molar-refractivity contribution in [2.45, 2.75) is 13.3 Å². The predicted octanol–water partition coefficient (Wildman–Crippen LogP) is 3.04. The van der Waals surface area contributed by atoms with Crippen molar-refractivity contribution in [1.29, 1.82) is 5.26 Å². The minimum Gasteiger partial charge on any atom is -0.462 e. The van der Waals surface area contributed by atoms with Crippen molar-refractivity contribution < 1.29 is 19.0 Å². The van der Waals surface area contributed by atoms with Crippen LogP contribution in [-0.4, -0.2) is 19.4 Å². The zero-order valence-electron chi connectivity index (χ0n) is 10.8. The Morgan fingerprint density at radius 2 is 2.20 bits per heavy atom. The molecule has 0 spiro atoms. The molecule has 0 fully saturated rings. The summed E-state index contributed by atoms with van der Waals surface area (Å²) in [6, 6.07) is 5.29. The molecule has 6 heteroatoms. The third-order valence-corrected chi connectivity index (χ3v) is 3.26. The molecule has 0 aliphatic carbocycles. The lowest BCUT2D eigenvalue weighted by molar-refractivity contribution is -0.138. The van der Waals surface area contributed by atoms with Gasteiger partial charge in [-0.05, 0) is 30.2 Å². The van der Waals surface area contributed by atoms with Gasteiger partial charge in [0.2, 0.25) is 6.79 Å². The van der Waals surface area contributed by atoms with Gasteiger partial charge < -0.3 is 14.2 Å². The molecule has 0 amide bonds. The van der Waals surface area contributed by atoms with Crippen molar-refractivity contribution in [3.05, 3.63) is 27.7 Å². The number of ether oxygens (including phenoxy) is 3. The topological polar surface area (TPSA) is 68.6 Å². The van der Waals surface area contributed by atoms with Crippen LogP contribution in [-0.2, 0) is 9.53 Å². The highest BCUT2D eigenvalue weighted by atomic mass is 79.9. The summed E-state index contributed by atoms with van der Waals surface area (Å²) < 4.78 is 16.2. The molecular formula is C14H12BrNO4. The highest BCUT2D eigenvalue weighted by Gasteiger charge is 2.17. The van der Waals surface area contributed by atoms with Crippen molar-refractivity contribution >= 4 is 28.0 Å².